The van der Waals surface area contributed by atoms with Crippen LogP contribution in [0.4, 0.5) is 11.5 Å². The van der Waals surface area contributed by atoms with Crippen LogP contribution in [0.5, 0.6) is 5.75 Å². The molecule has 168 valence electrons. The Bertz CT molecular complexity index is 1190. The van der Waals surface area contributed by atoms with Gasteiger partial charge in [-0.25, -0.2) is 14.5 Å². The van der Waals surface area contributed by atoms with Crippen molar-refractivity contribution in [2.45, 2.75) is 45.6 Å². The molecule has 1 fully saturated rings. The van der Waals surface area contributed by atoms with E-state index < -0.39 is 0 Å². The third kappa shape index (κ3) is 3.72. The van der Waals surface area contributed by atoms with Gasteiger partial charge in [0.05, 0.1) is 12.1 Å². The molecule has 0 N–H and O–H groups in total. The topological polar surface area (TPSA) is 85.0 Å². The maximum absolute atomic E-state index is 12.9. The van der Waals surface area contributed by atoms with Gasteiger partial charge in [-0.2, -0.15) is 0 Å². The molecule has 2 aliphatic rings. The molecule has 32 heavy (non-hydrogen) atoms. The monoisotopic (exact) mass is 436 g/mol. The predicted octanol–water partition coefficient (Wildman–Crippen LogP) is 2.85. The second kappa shape index (κ2) is 8.64. The molecule has 0 aliphatic carbocycles. The molecule has 5 heterocycles. The average molecular weight is 437 g/mol. The molecule has 1 saturated heterocycles. The number of anilines is 2. The molecule has 0 unspecified atom stereocenters. The van der Waals surface area contributed by atoms with E-state index in [9.17, 15) is 9.59 Å². The minimum Gasteiger partial charge on any atom is -0.488 e. The van der Waals surface area contributed by atoms with E-state index in [0.29, 0.717) is 42.5 Å². The Labute approximate surface area is 186 Å². The summed E-state index contributed by atoms with van der Waals surface area (Å²) in [7, 11) is 0. The van der Waals surface area contributed by atoms with Crippen LogP contribution in [0.15, 0.2) is 35.4 Å². The lowest BCUT2D eigenvalue weighted by Gasteiger charge is -2.31. The number of fused-ring (bicyclic) bond motifs is 2. The first kappa shape index (κ1) is 20.5. The van der Waals surface area contributed by atoms with E-state index in [1.807, 2.05) is 21.9 Å². The minimum atomic E-state index is -0.124. The van der Waals surface area contributed by atoms with Crippen LogP contribution in [0.2, 0.25) is 0 Å². The van der Waals surface area contributed by atoms with Gasteiger partial charge in [-0.3, -0.25) is 9.20 Å². The van der Waals surface area contributed by atoms with Crippen LogP contribution in [0.25, 0.3) is 5.65 Å². The number of nitrogens with zero attached hydrogens (tertiary/aromatic N) is 6. The zero-order valence-electron chi connectivity index (χ0n) is 18.4. The molecule has 0 bridgehead atoms. The van der Waals surface area contributed by atoms with E-state index in [1.54, 1.807) is 22.9 Å². The number of rotatable bonds is 5. The molecule has 0 radical (unpaired) electrons. The van der Waals surface area contributed by atoms with Crippen molar-refractivity contribution in [2.24, 2.45) is 0 Å². The summed E-state index contributed by atoms with van der Waals surface area (Å²) in [6.07, 6.45) is 8.59. The summed E-state index contributed by atoms with van der Waals surface area (Å²) >= 11 is 0. The van der Waals surface area contributed by atoms with E-state index >= 15 is 0 Å². The summed E-state index contributed by atoms with van der Waals surface area (Å²) < 4.78 is 8.94. The number of amides is 1. The fourth-order valence-electron chi connectivity index (χ4n) is 4.38. The molecule has 9 nitrogen and oxygen atoms in total. The predicted molar refractivity (Wildman–Crippen MR) is 121 cm³/mol. The van der Waals surface area contributed by atoms with Crippen molar-refractivity contribution in [2.75, 3.05) is 31.1 Å². The highest BCUT2D eigenvalue weighted by molar-refractivity contribution is 5.95. The Morgan fingerprint density at radius 2 is 2.00 bits per heavy atom. The van der Waals surface area contributed by atoms with Crippen LogP contribution in [-0.2, 0) is 6.54 Å². The fourth-order valence-corrected chi connectivity index (χ4v) is 4.38. The number of pyridine rings is 2. The molecule has 1 amide bonds. The molecule has 0 aromatic carbocycles. The van der Waals surface area contributed by atoms with Crippen LogP contribution < -0.4 is 15.3 Å². The van der Waals surface area contributed by atoms with Crippen molar-refractivity contribution in [3.8, 4) is 5.75 Å². The van der Waals surface area contributed by atoms with Crippen molar-refractivity contribution in [3.63, 3.8) is 0 Å². The van der Waals surface area contributed by atoms with Crippen LogP contribution in [0.3, 0.4) is 0 Å². The largest absolute Gasteiger partial charge is 0.488 e. The number of hydrogen-bond donors (Lipinski definition) is 0. The number of likely N-dealkylation sites (tertiary alicyclic amines) is 1. The van der Waals surface area contributed by atoms with Gasteiger partial charge in [0.2, 0.25) is 0 Å². The van der Waals surface area contributed by atoms with Gasteiger partial charge in [-0.1, -0.05) is 13.3 Å². The molecule has 3 aromatic heterocycles. The van der Waals surface area contributed by atoms with E-state index in [1.165, 1.54) is 11.1 Å². The normalized spacial score (nSPS) is 16.2. The number of hydrogen-bond acceptors (Lipinski definition) is 6. The first-order valence-corrected chi connectivity index (χ1v) is 11.4. The average Bonchev–Trinajstić information content (AvgIpc) is 3.16. The van der Waals surface area contributed by atoms with Gasteiger partial charge in [0.1, 0.15) is 6.61 Å². The fraction of sp³-hybridized carbons (Fsp3) is 0.478. The zero-order chi connectivity index (χ0) is 22.1. The van der Waals surface area contributed by atoms with E-state index in [0.717, 1.165) is 44.5 Å². The van der Waals surface area contributed by atoms with E-state index in [4.69, 9.17) is 4.74 Å². The highest BCUT2D eigenvalue weighted by Gasteiger charge is 2.25. The summed E-state index contributed by atoms with van der Waals surface area (Å²) in [4.78, 5) is 33.9. The summed E-state index contributed by atoms with van der Waals surface area (Å²) in [5, 5.41) is 4.49. The summed E-state index contributed by atoms with van der Waals surface area (Å²) in [5.74, 6) is 1.28. The minimum absolute atomic E-state index is 0.0131. The molecular formula is C23H28N6O3. The molecule has 9 heteroatoms. The lowest BCUT2D eigenvalue weighted by atomic mass is 10.1. The van der Waals surface area contributed by atoms with Gasteiger partial charge < -0.3 is 14.5 Å². The smallest absolute Gasteiger partial charge is 0.350 e. The third-order valence-corrected chi connectivity index (χ3v) is 6.15. The highest BCUT2D eigenvalue weighted by atomic mass is 16.5. The molecule has 0 atom stereocenters. The quantitative estimate of drug-likeness (QED) is 0.612. The molecular weight excluding hydrogens is 408 g/mol. The van der Waals surface area contributed by atoms with Gasteiger partial charge in [0.15, 0.2) is 17.2 Å². The zero-order valence-corrected chi connectivity index (χ0v) is 18.4. The Balaban J connectivity index is 1.44. The van der Waals surface area contributed by atoms with Crippen molar-refractivity contribution in [3.05, 3.63) is 46.6 Å². The van der Waals surface area contributed by atoms with Crippen LogP contribution in [0, 0.1) is 0 Å². The van der Waals surface area contributed by atoms with Crippen molar-refractivity contribution in [1.29, 1.82) is 0 Å². The van der Waals surface area contributed by atoms with Crippen LogP contribution in [-0.4, -0.2) is 56.2 Å². The number of unbranched alkanes of at least 4 members (excludes halogenated alkanes) is 1. The highest BCUT2D eigenvalue weighted by Crippen LogP contribution is 2.35. The lowest BCUT2D eigenvalue weighted by Crippen LogP contribution is -2.36. The standard InChI is InChI=1S/C23H28N6O3/c1-2-3-10-29-23(31)28-11-7-18(15-20(28)25-29)27-12-13-32-19-14-17(16-24-21(19)27)22(30)26-8-5-4-6-9-26/h7,11,14-16H,2-6,8-10,12-13H2,1H3. The van der Waals surface area contributed by atoms with E-state index in [-0.39, 0.29) is 11.6 Å². The first-order valence-electron chi connectivity index (χ1n) is 11.4. The van der Waals surface area contributed by atoms with Gasteiger partial charge in [0.25, 0.3) is 5.91 Å². The number of aromatic nitrogens is 4. The molecule has 0 spiro atoms. The van der Waals surface area contributed by atoms with Gasteiger partial charge in [-0.05, 0) is 37.8 Å². The Kier molecular flexibility index (Phi) is 5.55. The lowest BCUT2D eigenvalue weighted by molar-refractivity contribution is 0.0723. The molecule has 3 aromatic rings. The first-order chi connectivity index (χ1) is 15.7. The van der Waals surface area contributed by atoms with Crippen LogP contribution in [0.1, 0.15) is 49.4 Å². The molecule has 0 saturated carbocycles. The van der Waals surface area contributed by atoms with Crippen LogP contribution >= 0.6 is 0 Å². The maximum atomic E-state index is 12.9. The van der Waals surface area contributed by atoms with Gasteiger partial charge >= 0.3 is 5.69 Å². The second-order valence-electron chi connectivity index (χ2n) is 8.37. The third-order valence-electron chi connectivity index (χ3n) is 6.15. The van der Waals surface area contributed by atoms with Gasteiger partial charge in [0, 0.05) is 43.8 Å². The Hall–Kier alpha value is -3.36. The summed E-state index contributed by atoms with van der Waals surface area (Å²) in [6.45, 7) is 5.41. The maximum Gasteiger partial charge on any atom is 0.350 e. The number of carbonyl (C=O) groups is 1. The van der Waals surface area contributed by atoms with Gasteiger partial charge in [-0.15, -0.1) is 5.10 Å². The number of piperidine rings is 1. The van der Waals surface area contributed by atoms with Crippen molar-refractivity contribution in [1.82, 2.24) is 24.1 Å². The number of carbonyl (C=O) groups excluding carboxylic acids is 1. The SMILES string of the molecule is CCCCn1nc2cc(N3CCOc4cc(C(=O)N5CCCCC5)cnc43)ccn2c1=O. The molecule has 5 rings (SSSR count). The number of aryl methyl sites for hydroxylation is 1. The number of ether oxygens (including phenoxy) is 1. The van der Waals surface area contributed by atoms with Crippen molar-refractivity contribution >= 4 is 23.1 Å². The van der Waals surface area contributed by atoms with E-state index in [2.05, 4.69) is 17.0 Å². The second-order valence-corrected chi connectivity index (χ2v) is 8.37. The summed E-state index contributed by atoms with van der Waals surface area (Å²) in [5.41, 5.74) is 1.93. The Morgan fingerprint density at radius 1 is 1.16 bits per heavy atom. The molecule has 2 aliphatic heterocycles. The Morgan fingerprint density at radius 3 is 2.81 bits per heavy atom. The summed E-state index contributed by atoms with van der Waals surface area (Å²) in [6, 6.07) is 5.59. The van der Waals surface area contributed by atoms with Crippen molar-refractivity contribution < 1.29 is 9.53 Å².